The van der Waals surface area contributed by atoms with Gasteiger partial charge in [-0.05, 0) is 18.9 Å². The lowest BCUT2D eigenvalue weighted by molar-refractivity contribution is 0.238. The third-order valence-corrected chi connectivity index (χ3v) is 3.85. The highest BCUT2D eigenvalue weighted by Crippen LogP contribution is 2.23. The summed E-state index contributed by atoms with van der Waals surface area (Å²) in [7, 11) is 0. The standard InChI is InChI=1S/C16H19N3O/c1-12-2-4-14(5-3-12)15-8-17-16(18-9-15)19-7-6-13(10-19)11-20/h2-5,8-9,13,20H,6-7,10-11H2,1H3. The number of anilines is 1. The summed E-state index contributed by atoms with van der Waals surface area (Å²) in [6, 6.07) is 8.36. The third-order valence-electron chi connectivity index (χ3n) is 3.85. The summed E-state index contributed by atoms with van der Waals surface area (Å²) < 4.78 is 0. The highest BCUT2D eigenvalue weighted by molar-refractivity contribution is 5.62. The Morgan fingerprint density at radius 1 is 1.15 bits per heavy atom. The lowest BCUT2D eigenvalue weighted by Gasteiger charge is -2.15. The Morgan fingerprint density at radius 3 is 2.45 bits per heavy atom. The molecule has 2 heterocycles. The van der Waals surface area contributed by atoms with E-state index in [1.165, 1.54) is 5.56 Å². The van der Waals surface area contributed by atoms with Crippen LogP contribution in [0, 0.1) is 12.8 Å². The van der Waals surface area contributed by atoms with Gasteiger partial charge < -0.3 is 10.0 Å². The molecule has 1 aromatic carbocycles. The maximum absolute atomic E-state index is 9.18. The first-order valence-corrected chi connectivity index (χ1v) is 7.01. The number of aliphatic hydroxyl groups excluding tert-OH is 1. The molecule has 0 amide bonds. The number of hydrogen-bond acceptors (Lipinski definition) is 4. The zero-order valence-electron chi connectivity index (χ0n) is 11.7. The number of nitrogens with zero attached hydrogens (tertiary/aromatic N) is 3. The summed E-state index contributed by atoms with van der Waals surface area (Å²) in [6.45, 7) is 4.10. The van der Waals surface area contributed by atoms with Crippen LogP contribution in [0.2, 0.25) is 0 Å². The Labute approximate surface area is 119 Å². The van der Waals surface area contributed by atoms with Crippen molar-refractivity contribution in [1.82, 2.24) is 9.97 Å². The van der Waals surface area contributed by atoms with E-state index in [-0.39, 0.29) is 6.61 Å². The quantitative estimate of drug-likeness (QED) is 0.928. The molecule has 1 aliphatic rings. The van der Waals surface area contributed by atoms with Crippen LogP contribution in [0.15, 0.2) is 36.7 Å². The second-order valence-electron chi connectivity index (χ2n) is 5.42. The fraction of sp³-hybridized carbons (Fsp3) is 0.375. The first-order valence-electron chi connectivity index (χ1n) is 7.01. The second-order valence-corrected chi connectivity index (χ2v) is 5.42. The fourth-order valence-electron chi connectivity index (χ4n) is 2.54. The molecule has 1 aliphatic heterocycles. The summed E-state index contributed by atoms with van der Waals surface area (Å²) in [5.41, 5.74) is 3.42. The minimum absolute atomic E-state index is 0.248. The van der Waals surface area contributed by atoms with Crippen molar-refractivity contribution in [3.8, 4) is 11.1 Å². The lowest BCUT2D eigenvalue weighted by atomic mass is 10.1. The van der Waals surface area contributed by atoms with Gasteiger partial charge in [0.1, 0.15) is 0 Å². The normalized spacial score (nSPS) is 18.5. The fourth-order valence-corrected chi connectivity index (χ4v) is 2.54. The molecular weight excluding hydrogens is 250 g/mol. The molecule has 104 valence electrons. The first kappa shape index (κ1) is 13.1. The number of benzene rings is 1. The number of aryl methyl sites for hydroxylation is 1. The average molecular weight is 269 g/mol. The van der Waals surface area contributed by atoms with Gasteiger partial charge in [0, 0.05) is 43.6 Å². The molecule has 0 aliphatic carbocycles. The molecule has 1 atom stereocenters. The lowest BCUT2D eigenvalue weighted by Crippen LogP contribution is -2.22. The van der Waals surface area contributed by atoms with Crippen molar-refractivity contribution in [2.45, 2.75) is 13.3 Å². The molecule has 1 fully saturated rings. The number of hydrogen-bond donors (Lipinski definition) is 1. The summed E-state index contributed by atoms with van der Waals surface area (Å²) in [6.07, 6.45) is 4.76. The van der Waals surface area contributed by atoms with E-state index in [2.05, 4.69) is 46.1 Å². The highest BCUT2D eigenvalue weighted by atomic mass is 16.3. The summed E-state index contributed by atoms with van der Waals surface area (Å²) in [5, 5.41) is 9.18. The Morgan fingerprint density at radius 2 is 1.85 bits per heavy atom. The smallest absolute Gasteiger partial charge is 0.225 e. The molecule has 1 saturated heterocycles. The van der Waals surface area contributed by atoms with Gasteiger partial charge in [0.15, 0.2) is 0 Å². The van der Waals surface area contributed by atoms with E-state index >= 15 is 0 Å². The number of aliphatic hydroxyl groups is 1. The molecule has 1 aromatic heterocycles. The van der Waals surface area contributed by atoms with Crippen molar-refractivity contribution in [1.29, 1.82) is 0 Å². The SMILES string of the molecule is Cc1ccc(-c2cnc(N3CCC(CO)C3)nc2)cc1. The zero-order valence-corrected chi connectivity index (χ0v) is 11.7. The first-order chi connectivity index (χ1) is 9.76. The van der Waals surface area contributed by atoms with Gasteiger partial charge >= 0.3 is 0 Å². The molecule has 0 bridgehead atoms. The third kappa shape index (κ3) is 2.65. The van der Waals surface area contributed by atoms with Gasteiger partial charge in [-0.1, -0.05) is 29.8 Å². The van der Waals surface area contributed by atoms with Crippen LogP contribution in [-0.2, 0) is 0 Å². The van der Waals surface area contributed by atoms with Gasteiger partial charge in [-0.25, -0.2) is 9.97 Å². The molecule has 4 heteroatoms. The van der Waals surface area contributed by atoms with E-state index in [1.54, 1.807) is 0 Å². The van der Waals surface area contributed by atoms with Gasteiger partial charge in [-0.3, -0.25) is 0 Å². The van der Waals surface area contributed by atoms with Crippen LogP contribution < -0.4 is 4.90 Å². The van der Waals surface area contributed by atoms with Crippen molar-refractivity contribution in [3.63, 3.8) is 0 Å². The van der Waals surface area contributed by atoms with E-state index in [0.29, 0.717) is 5.92 Å². The summed E-state index contributed by atoms with van der Waals surface area (Å²) >= 11 is 0. The van der Waals surface area contributed by atoms with E-state index in [1.807, 2.05) is 12.4 Å². The molecule has 1 N–H and O–H groups in total. The van der Waals surface area contributed by atoms with Gasteiger partial charge in [0.25, 0.3) is 0 Å². The van der Waals surface area contributed by atoms with Crippen LogP contribution in [0.1, 0.15) is 12.0 Å². The van der Waals surface area contributed by atoms with Crippen molar-refractivity contribution in [2.24, 2.45) is 5.92 Å². The Bertz CT molecular complexity index is 565. The Kier molecular flexibility index (Phi) is 3.65. The van der Waals surface area contributed by atoms with Gasteiger partial charge in [0.05, 0.1) is 0 Å². The summed E-state index contributed by atoms with van der Waals surface area (Å²) in [4.78, 5) is 11.1. The van der Waals surface area contributed by atoms with Gasteiger partial charge in [-0.15, -0.1) is 0 Å². The van der Waals surface area contributed by atoms with Gasteiger partial charge in [0.2, 0.25) is 5.95 Å². The molecule has 2 aromatic rings. The van der Waals surface area contributed by atoms with Crippen LogP contribution in [0.5, 0.6) is 0 Å². The molecule has 0 spiro atoms. The van der Waals surface area contributed by atoms with E-state index < -0.39 is 0 Å². The predicted molar refractivity (Wildman–Crippen MR) is 79.6 cm³/mol. The van der Waals surface area contributed by atoms with Crippen LogP contribution in [0.3, 0.4) is 0 Å². The van der Waals surface area contributed by atoms with Gasteiger partial charge in [-0.2, -0.15) is 0 Å². The second kappa shape index (κ2) is 5.59. The largest absolute Gasteiger partial charge is 0.396 e. The van der Waals surface area contributed by atoms with Crippen molar-refractivity contribution >= 4 is 5.95 Å². The molecule has 0 radical (unpaired) electrons. The van der Waals surface area contributed by atoms with Crippen LogP contribution >= 0.6 is 0 Å². The number of rotatable bonds is 3. The molecule has 1 unspecified atom stereocenters. The average Bonchev–Trinajstić information content (AvgIpc) is 2.97. The monoisotopic (exact) mass is 269 g/mol. The molecular formula is C16H19N3O. The highest BCUT2D eigenvalue weighted by Gasteiger charge is 2.23. The maximum Gasteiger partial charge on any atom is 0.225 e. The van der Waals surface area contributed by atoms with E-state index in [4.69, 9.17) is 0 Å². The molecule has 3 rings (SSSR count). The van der Waals surface area contributed by atoms with E-state index in [0.717, 1.165) is 36.6 Å². The number of aromatic nitrogens is 2. The Balaban J connectivity index is 1.76. The van der Waals surface area contributed by atoms with Crippen molar-refractivity contribution < 1.29 is 5.11 Å². The van der Waals surface area contributed by atoms with Crippen LogP contribution in [-0.4, -0.2) is 34.8 Å². The minimum atomic E-state index is 0.248. The molecule has 4 nitrogen and oxygen atoms in total. The molecule has 0 saturated carbocycles. The zero-order chi connectivity index (χ0) is 13.9. The Hall–Kier alpha value is -1.94. The molecule has 20 heavy (non-hydrogen) atoms. The van der Waals surface area contributed by atoms with Crippen LogP contribution in [0.4, 0.5) is 5.95 Å². The minimum Gasteiger partial charge on any atom is -0.396 e. The topological polar surface area (TPSA) is 49.2 Å². The summed E-state index contributed by atoms with van der Waals surface area (Å²) in [5.74, 6) is 1.12. The predicted octanol–water partition coefficient (Wildman–Crippen LogP) is 2.27. The maximum atomic E-state index is 9.18. The van der Waals surface area contributed by atoms with Crippen molar-refractivity contribution in [2.75, 3.05) is 24.6 Å². The van der Waals surface area contributed by atoms with E-state index in [9.17, 15) is 5.11 Å². The van der Waals surface area contributed by atoms with Crippen LogP contribution in [0.25, 0.3) is 11.1 Å². The van der Waals surface area contributed by atoms with Crippen molar-refractivity contribution in [3.05, 3.63) is 42.2 Å².